The monoisotopic (exact) mass is 239 g/mol. The summed E-state index contributed by atoms with van der Waals surface area (Å²) in [6.07, 6.45) is 6.65. The van der Waals surface area contributed by atoms with Gasteiger partial charge in [-0.3, -0.25) is 0 Å². The van der Waals surface area contributed by atoms with Crippen LogP contribution in [0.2, 0.25) is 0 Å². The second kappa shape index (κ2) is 6.38. The van der Waals surface area contributed by atoms with E-state index >= 15 is 0 Å². The third kappa shape index (κ3) is 3.58. The Hall–Kier alpha value is -0.380. The van der Waals surface area contributed by atoms with E-state index in [1.807, 2.05) is 7.11 Å². The molecule has 2 unspecified atom stereocenters. The van der Waals surface area contributed by atoms with E-state index in [1.165, 1.54) is 31.2 Å². The molecular formula is C13H21NOS. The first-order chi connectivity index (χ1) is 7.88. The van der Waals surface area contributed by atoms with E-state index in [1.54, 1.807) is 11.3 Å². The first-order valence-corrected chi connectivity index (χ1v) is 7.10. The fourth-order valence-corrected chi connectivity index (χ4v) is 3.10. The molecule has 0 amide bonds. The summed E-state index contributed by atoms with van der Waals surface area (Å²) in [5, 5.41) is 8.04. The van der Waals surface area contributed by atoms with Gasteiger partial charge < -0.3 is 10.1 Å². The van der Waals surface area contributed by atoms with Crippen molar-refractivity contribution in [2.75, 3.05) is 13.7 Å². The van der Waals surface area contributed by atoms with Gasteiger partial charge >= 0.3 is 0 Å². The molecule has 2 atom stereocenters. The Labute approximate surface area is 102 Å². The smallest absolute Gasteiger partial charge is 0.0586 e. The third-order valence-corrected chi connectivity index (χ3v) is 4.12. The number of methoxy groups -OCH3 is 1. The molecule has 1 aliphatic rings. The maximum Gasteiger partial charge on any atom is 0.0586 e. The summed E-state index contributed by atoms with van der Waals surface area (Å²) < 4.78 is 5.44. The summed E-state index contributed by atoms with van der Waals surface area (Å²) in [4.78, 5) is 0. The molecule has 1 saturated carbocycles. The van der Waals surface area contributed by atoms with Gasteiger partial charge in [0.25, 0.3) is 0 Å². The third-order valence-electron chi connectivity index (χ3n) is 3.39. The van der Waals surface area contributed by atoms with E-state index < -0.39 is 0 Å². The van der Waals surface area contributed by atoms with Gasteiger partial charge in [0.05, 0.1) is 6.10 Å². The summed E-state index contributed by atoms with van der Waals surface area (Å²) in [5.74, 6) is 0. The lowest BCUT2D eigenvalue weighted by Crippen LogP contribution is -2.37. The van der Waals surface area contributed by atoms with E-state index in [4.69, 9.17) is 4.74 Å². The quantitative estimate of drug-likeness (QED) is 0.853. The topological polar surface area (TPSA) is 21.3 Å². The highest BCUT2D eigenvalue weighted by Crippen LogP contribution is 2.20. The second-order valence-corrected chi connectivity index (χ2v) is 5.34. The number of hydrogen-bond donors (Lipinski definition) is 1. The standard InChI is InChI=1S/C13H21NOS/c1-15-13-4-2-3-12(9-13)14-7-5-11-6-8-16-10-11/h6,8,10,12-14H,2-5,7,9H2,1H3. The lowest BCUT2D eigenvalue weighted by Gasteiger charge is -2.28. The van der Waals surface area contributed by atoms with E-state index in [9.17, 15) is 0 Å². The largest absolute Gasteiger partial charge is 0.381 e. The van der Waals surface area contributed by atoms with Crippen LogP contribution in [0, 0.1) is 0 Å². The van der Waals surface area contributed by atoms with E-state index in [0.717, 1.165) is 13.0 Å². The van der Waals surface area contributed by atoms with Crippen LogP contribution in [0.4, 0.5) is 0 Å². The summed E-state index contributed by atoms with van der Waals surface area (Å²) in [6.45, 7) is 1.10. The van der Waals surface area contributed by atoms with Crippen LogP contribution in [-0.4, -0.2) is 25.8 Å². The number of thiophene rings is 1. The highest BCUT2D eigenvalue weighted by molar-refractivity contribution is 7.07. The van der Waals surface area contributed by atoms with Crippen molar-refractivity contribution in [1.82, 2.24) is 5.32 Å². The predicted octanol–water partition coefficient (Wildman–Crippen LogP) is 2.84. The maximum atomic E-state index is 5.44. The molecule has 1 aromatic rings. The van der Waals surface area contributed by atoms with Crippen molar-refractivity contribution in [2.45, 2.75) is 44.2 Å². The molecular weight excluding hydrogens is 218 g/mol. The lowest BCUT2D eigenvalue weighted by atomic mass is 9.93. The molecule has 3 heteroatoms. The molecule has 16 heavy (non-hydrogen) atoms. The predicted molar refractivity (Wildman–Crippen MR) is 69.1 cm³/mol. The number of nitrogens with one attached hydrogen (secondary N) is 1. The first kappa shape index (κ1) is 12.1. The van der Waals surface area contributed by atoms with Crippen molar-refractivity contribution in [3.63, 3.8) is 0 Å². The molecule has 1 N–H and O–H groups in total. The van der Waals surface area contributed by atoms with E-state index in [2.05, 4.69) is 22.1 Å². The molecule has 0 saturated heterocycles. The molecule has 2 rings (SSSR count). The van der Waals surface area contributed by atoms with Gasteiger partial charge in [-0.2, -0.15) is 11.3 Å². The van der Waals surface area contributed by atoms with Crippen LogP contribution in [0.15, 0.2) is 16.8 Å². The van der Waals surface area contributed by atoms with Gasteiger partial charge in [-0.1, -0.05) is 0 Å². The SMILES string of the molecule is COC1CCCC(NCCc2ccsc2)C1. The van der Waals surface area contributed by atoms with Crippen LogP contribution < -0.4 is 5.32 Å². The second-order valence-electron chi connectivity index (χ2n) is 4.56. The highest BCUT2D eigenvalue weighted by Gasteiger charge is 2.20. The lowest BCUT2D eigenvalue weighted by molar-refractivity contribution is 0.0590. The Bertz CT molecular complexity index is 286. The molecule has 90 valence electrons. The molecule has 0 bridgehead atoms. The zero-order chi connectivity index (χ0) is 11.2. The van der Waals surface area contributed by atoms with Gasteiger partial charge in [-0.25, -0.2) is 0 Å². The van der Waals surface area contributed by atoms with E-state index in [0.29, 0.717) is 12.1 Å². The summed E-state index contributed by atoms with van der Waals surface area (Å²) >= 11 is 1.78. The van der Waals surface area contributed by atoms with Gasteiger partial charge in [0.15, 0.2) is 0 Å². The Morgan fingerprint density at radius 3 is 3.19 bits per heavy atom. The van der Waals surface area contributed by atoms with Gasteiger partial charge in [0, 0.05) is 13.2 Å². The fourth-order valence-electron chi connectivity index (χ4n) is 2.40. The normalized spacial score (nSPS) is 25.8. The Kier molecular flexibility index (Phi) is 4.82. The number of rotatable bonds is 5. The highest BCUT2D eigenvalue weighted by atomic mass is 32.1. The van der Waals surface area contributed by atoms with Crippen molar-refractivity contribution in [3.05, 3.63) is 22.4 Å². The van der Waals surface area contributed by atoms with Crippen molar-refractivity contribution in [1.29, 1.82) is 0 Å². The summed E-state index contributed by atoms with van der Waals surface area (Å²) in [6, 6.07) is 2.88. The Morgan fingerprint density at radius 2 is 2.44 bits per heavy atom. The van der Waals surface area contributed by atoms with Crippen LogP contribution in [0.25, 0.3) is 0 Å². The van der Waals surface area contributed by atoms with Gasteiger partial charge in [-0.15, -0.1) is 0 Å². The first-order valence-electron chi connectivity index (χ1n) is 6.15. The van der Waals surface area contributed by atoms with Crippen LogP contribution >= 0.6 is 11.3 Å². The van der Waals surface area contributed by atoms with Crippen molar-refractivity contribution >= 4 is 11.3 Å². The minimum atomic E-state index is 0.479. The maximum absolute atomic E-state index is 5.44. The average molecular weight is 239 g/mol. The number of ether oxygens (including phenoxy) is 1. The van der Waals surface area contributed by atoms with Gasteiger partial charge in [0.2, 0.25) is 0 Å². The Morgan fingerprint density at radius 1 is 1.50 bits per heavy atom. The van der Waals surface area contributed by atoms with Crippen molar-refractivity contribution in [2.24, 2.45) is 0 Å². The molecule has 1 heterocycles. The average Bonchev–Trinajstić information content (AvgIpc) is 2.82. The molecule has 1 fully saturated rings. The van der Waals surface area contributed by atoms with Gasteiger partial charge in [-0.05, 0) is 61.0 Å². The Balaban J connectivity index is 1.65. The zero-order valence-electron chi connectivity index (χ0n) is 9.95. The summed E-state index contributed by atoms with van der Waals surface area (Å²) in [7, 11) is 1.83. The number of hydrogen-bond acceptors (Lipinski definition) is 3. The molecule has 2 nitrogen and oxygen atoms in total. The van der Waals surface area contributed by atoms with Crippen LogP contribution in [0.3, 0.4) is 0 Å². The van der Waals surface area contributed by atoms with Crippen molar-refractivity contribution < 1.29 is 4.74 Å². The van der Waals surface area contributed by atoms with E-state index in [-0.39, 0.29) is 0 Å². The molecule has 0 spiro atoms. The molecule has 1 aliphatic carbocycles. The minimum Gasteiger partial charge on any atom is -0.381 e. The zero-order valence-corrected chi connectivity index (χ0v) is 10.8. The van der Waals surface area contributed by atoms with Crippen LogP contribution in [0.1, 0.15) is 31.2 Å². The minimum absolute atomic E-state index is 0.479. The van der Waals surface area contributed by atoms with Crippen LogP contribution in [-0.2, 0) is 11.2 Å². The van der Waals surface area contributed by atoms with Crippen LogP contribution in [0.5, 0.6) is 0 Å². The molecule has 0 aliphatic heterocycles. The summed E-state index contributed by atoms with van der Waals surface area (Å²) in [5.41, 5.74) is 1.46. The molecule has 1 aromatic heterocycles. The fraction of sp³-hybridized carbons (Fsp3) is 0.692. The molecule has 0 radical (unpaired) electrons. The van der Waals surface area contributed by atoms with Crippen molar-refractivity contribution in [3.8, 4) is 0 Å². The molecule has 0 aromatic carbocycles. The van der Waals surface area contributed by atoms with Gasteiger partial charge in [0.1, 0.15) is 0 Å².